The first-order valence-electron chi connectivity index (χ1n) is 5.27. The van der Waals surface area contributed by atoms with Crippen LogP contribution in [0.3, 0.4) is 0 Å². The second-order valence-corrected chi connectivity index (χ2v) is 4.28. The van der Waals surface area contributed by atoms with E-state index in [1.54, 1.807) is 10.7 Å². The summed E-state index contributed by atoms with van der Waals surface area (Å²) in [7, 11) is 1.86. The first-order valence-corrected chi connectivity index (χ1v) is 5.27. The molecule has 0 aliphatic heterocycles. The maximum absolute atomic E-state index is 5.55. The van der Waals surface area contributed by atoms with Gasteiger partial charge in [-0.1, -0.05) is 13.8 Å². The average Bonchev–Trinajstić information content (AvgIpc) is 2.72. The van der Waals surface area contributed by atoms with Gasteiger partial charge in [-0.3, -0.25) is 5.10 Å². The Morgan fingerprint density at radius 1 is 1.50 bits per heavy atom. The van der Waals surface area contributed by atoms with Crippen molar-refractivity contribution in [1.82, 2.24) is 25.0 Å². The first kappa shape index (κ1) is 10.7. The topological polar surface area (TPSA) is 85.4 Å². The second kappa shape index (κ2) is 3.96. The van der Waals surface area contributed by atoms with Crippen LogP contribution in [0.1, 0.15) is 19.7 Å². The van der Waals surface area contributed by atoms with E-state index < -0.39 is 0 Å². The summed E-state index contributed by atoms with van der Waals surface area (Å²) in [5.74, 6) is 2.62. The standard InChI is InChI=1S/C10H16N6/c1-6(2)4-9-12-10(16(3)15-9)7-5-8(11)14-13-7/h5-6H,4H2,1-3H3,(H3,11,13,14). The van der Waals surface area contributed by atoms with E-state index in [4.69, 9.17) is 5.73 Å². The molecule has 0 fully saturated rings. The molecule has 16 heavy (non-hydrogen) atoms. The molecule has 6 heteroatoms. The Labute approximate surface area is 93.9 Å². The summed E-state index contributed by atoms with van der Waals surface area (Å²) in [4.78, 5) is 4.46. The molecule has 0 spiro atoms. The minimum atomic E-state index is 0.461. The van der Waals surface area contributed by atoms with Crippen LogP contribution in [0.4, 0.5) is 5.82 Å². The van der Waals surface area contributed by atoms with E-state index >= 15 is 0 Å². The zero-order chi connectivity index (χ0) is 11.7. The van der Waals surface area contributed by atoms with Crippen LogP contribution in [0.2, 0.25) is 0 Å². The molecule has 2 heterocycles. The van der Waals surface area contributed by atoms with E-state index in [9.17, 15) is 0 Å². The fourth-order valence-electron chi connectivity index (χ4n) is 1.58. The average molecular weight is 220 g/mol. The van der Waals surface area contributed by atoms with E-state index in [2.05, 4.69) is 34.1 Å². The third-order valence-electron chi connectivity index (χ3n) is 2.24. The fourth-order valence-corrected chi connectivity index (χ4v) is 1.58. The van der Waals surface area contributed by atoms with Crippen LogP contribution in [0.5, 0.6) is 0 Å². The van der Waals surface area contributed by atoms with Gasteiger partial charge < -0.3 is 5.73 Å². The molecular formula is C10H16N6. The van der Waals surface area contributed by atoms with Crippen LogP contribution >= 0.6 is 0 Å². The third-order valence-corrected chi connectivity index (χ3v) is 2.24. The van der Waals surface area contributed by atoms with Gasteiger partial charge in [0.15, 0.2) is 11.6 Å². The van der Waals surface area contributed by atoms with Gasteiger partial charge in [-0.2, -0.15) is 10.2 Å². The lowest BCUT2D eigenvalue weighted by Crippen LogP contribution is -1.97. The number of H-pyrrole nitrogens is 1. The minimum Gasteiger partial charge on any atom is -0.382 e. The number of hydrogen-bond acceptors (Lipinski definition) is 4. The van der Waals surface area contributed by atoms with Gasteiger partial charge in [0.2, 0.25) is 0 Å². The maximum Gasteiger partial charge on any atom is 0.176 e. The van der Waals surface area contributed by atoms with Crippen molar-refractivity contribution in [3.05, 3.63) is 11.9 Å². The Balaban J connectivity index is 2.31. The molecule has 0 aromatic carbocycles. The van der Waals surface area contributed by atoms with Crippen molar-refractivity contribution in [2.75, 3.05) is 5.73 Å². The van der Waals surface area contributed by atoms with Gasteiger partial charge in [-0.15, -0.1) is 0 Å². The Kier molecular flexibility index (Phi) is 2.64. The SMILES string of the molecule is CC(C)Cc1nc(-c2cc(N)n[nH]2)n(C)n1. The largest absolute Gasteiger partial charge is 0.382 e. The number of nitrogen functional groups attached to an aromatic ring is 1. The molecule has 0 unspecified atom stereocenters. The molecule has 0 amide bonds. The molecule has 0 bridgehead atoms. The Morgan fingerprint density at radius 2 is 2.25 bits per heavy atom. The van der Waals surface area contributed by atoms with Crippen molar-refractivity contribution < 1.29 is 0 Å². The summed E-state index contributed by atoms with van der Waals surface area (Å²) in [6, 6.07) is 1.75. The van der Waals surface area contributed by atoms with Crippen LogP contribution < -0.4 is 5.73 Å². The monoisotopic (exact) mass is 220 g/mol. The molecule has 86 valence electrons. The van der Waals surface area contributed by atoms with Gasteiger partial charge in [-0.25, -0.2) is 9.67 Å². The van der Waals surface area contributed by atoms with E-state index in [0.717, 1.165) is 23.8 Å². The normalized spacial score (nSPS) is 11.2. The quantitative estimate of drug-likeness (QED) is 0.807. The number of nitrogens with zero attached hydrogens (tertiary/aromatic N) is 4. The van der Waals surface area contributed by atoms with E-state index in [-0.39, 0.29) is 0 Å². The van der Waals surface area contributed by atoms with Crippen molar-refractivity contribution in [3.63, 3.8) is 0 Å². The summed E-state index contributed by atoms with van der Waals surface area (Å²) >= 11 is 0. The lowest BCUT2D eigenvalue weighted by atomic mass is 10.1. The molecular weight excluding hydrogens is 204 g/mol. The van der Waals surface area contributed by atoms with Crippen molar-refractivity contribution >= 4 is 5.82 Å². The van der Waals surface area contributed by atoms with Crippen molar-refractivity contribution in [3.8, 4) is 11.5 Å². The predicted molar refractivity (Wildman–Crippen MR) is 61.5 cm³/mol. The van der Waals surface area contributed by atoms with Gasteiger partial charge in [0.25, 0.3) is 0 Å². The van der Waals surface area contributed by atoms with Crippen molar-refractivity contribution in [1.29, 1.82) is 0 Å². The number of rotatable bonds is 3. The summed E-state index contributed by atoms with van der Waals surface area (Å²) in [6.07, 6.45) is 0.872. The number of nitrogens with two attached hydrogens (primary N) is 1. The van der Waals surface area contributed by atoms with Gasteiger partial charge in [-0.05, 0) is 5.92 Å². The number of aromatic nitrogens is 5. The number of aromatic amines is 1. The van der Waals surface area contributed by atoms with E-state index in [1.807, 2.05) is 7.05 Å². The highest BCUT2D eigenvalue weighted by Crippen LogP contribution is 2.16. The van der Waals surface area contributed by atoms with Gasteiger partial charge in [0.05, 0.1) is 0 Å². The molecule has 0 aliphatic carbocycles. The highest BCUT2D eigenvalue weighted by molar-refractivity contribution is 5.53. The highest BCUT2D eigenvalue weighted by atomic mass is 15.3. The second-order valence-electron chi connectivity index (χ2n) is 4.28. The smallest absolute Gasteiger partial charge is 0.176 e. The molecule has 3 N–H and O–H groups in total. The summed E-state index contributed by atoms with van der Waals surface area (Å²) < 4.78 is 1.74. The van der Waals surface area contributed by atoms with E-state index in [1.165, 1.54) is 0 Å². The molecule has 0 radical (unpaired) electrons. The lowest BCUT2D eigenvalue weighted by molar-refractivity contribution is 0.613. The number of hydrogen-bond donors (Lipinski definition) is 2. The molecule has 0 aliphatic rings. The zero-order valence-electron chi connectivity index (χ0n) is 9.73. The molecule has 2 rings (SSSR count). The van der Waals surface area contributed by atoms with Crippen molar-refractivity contribution in [2.45, 2.75) is 20.3 Å². The Bertz CT molecular complexity index is 481. The third kappa shape index (κ3) is 2.05. The fraction of sp³-hybridized carbons (Fsp3) is 0.500. The zero-order valence-corrected chi connectivity index (χ0v) is 9.73. The molecule has 6 nitrogen and oxygen atoms in total. The predicted octanol–water partition coefficient (Wildman–Crippen LogP) is 0.986. The summed E-state index contributed by atoms with van der Waals surface area (Å²) in [5.41, 5.74) is 6.35. The molecule has 2 aromatic rings. The lowest BCUT2D eigenvalue weighted by Gasteiger charge is -1.96. The number of nitrogens with one attached hydrogen (secondary N) is 1. The number of aryl methyl sites for hydroxylation is 1. The van der Waals surface area contributed by atoms with Crippen LogP contribution in [0.25, 0.3) is 11.5 Å². The van der Waals surface area contributed by atoms with Gasteiger partial charge in [0, 0.05) is 19.5 Å². The van der Waals surface area contributed by atoms with Crippen LogP contribution in [-0.4, -0.2) is 25.0 Å². The van der Waals surface area contributed by atoms with Crippen LogP contribution in [0.15, 0.2) is 6.07 Å². The molecule has 0 saturated carbocycles. The minimum absolute atomic E-state index is 0.461. The molecule has 0 saturated heterocycles. The van der Waals surface area contributed by atoms with Crippen molar-refractivity contribution in [2.24, 2.45) is 13.0 Å². The Hall–Kier alpha value is -1.85. The Morgan fingerprint density at radius 3 is 2.81 bits per heavy atom. The maximum atomic E-state index is 5.55. The van der Waals surface area contributed by atoms with Crippen LogP contribution in [0, 0.1) is 5.92 Å². The highest BCUT2D eigenvalue weighted by Gasteiger charge is 2.12. The number of anilines is 1. The molecule has 2 aromatic heterocycles. The first-order chi connectivity index (χ1) is 7.56. The summed E-state index contributed by atoms with van der Waals surface area (Å²) in [6.45, 7) is 4.29. The summed E-state index contributed by atoms with van der Waals surface area (Å²) in [5, 5.41) is 11.1. The van der Waals surface area contributed by atoms with Gasteiger partial charge >= 0.3 is 0 Å². The van der Waals surface area contributed by atoms with Crippen LogP contribution in [-0.2, 0) is 13.5 Å². The van der Waals surface area contributed by atoms with Gasteiger partial charge in [0.1, 0.15) is 11.5 Å². The molecule has 0 atom stereocenters. The van der Waals surface area contributed by atoms with E-state index in [0.29, 0.717) is 11.7 Å².